The first kappa shape index (κ1) is 14.4. The number of nitrogen functional groups attached to an aromatic ring is 1. The Morgan fingerprint density at radius 1 is 1.33 bits per heavy atom. The summed E-state index contributed by atoms with van der Waals surface area (Å²) in [7, 11) is 1.78. The van der Waals surface area contributed by atoms with Gasteiger partial charge in [0.15, 0.2) is 0 Å². The van der Waals surface area contributed by atoms with Crippen molar-refractivity contribution in [3.63, 3.8) is 0 Å². The Balaban J connectivity index is 2.35. The van der Waals surface area contributed by atoms with Gasteiger partial charge in [-0.3, -0.25) is 0 Å². The molecule has 5 nitrogen and oxygen atoms in total. The minimum atomic E-state index is -1.03. The second-order valence-electron chi connectivity index (χ2n) is 4.71. The second-order valence-corrected chi connectivity index (χ2v) is 4.71. The van der Waals surface area contributed by atoms with Crippen molar-refractivity contribution < 1.29 is 9.90 Å². The lowest BCUT2D eigenvalue weighted by atomic mass is 10.1. The van der Waals surface area contributed by atoms with E-state index in [1.54, 1.807) is 36.2 Å². The molecule has 0 aliphatic rings. The number of carbonyl (C=O) groups is 1. The van der Waals surface area contributed by atoms with Crippen LogP contribution in [0.2, 0.25) is 0 Å². The molecule has 3 N–H and O–H groups in total. The van der Waals surface area contributed by atoms with Crippen molar-refractivity contribution in [2.75, 3.05) is 17.7 Å². The Hall–Kier alpha value is -3.00. The molecule has 0 aliphatic heterocycles. The highest BCUT2D eigenvalue weighted by Gasteiger charge is 2.15. The number of aromatic carboxylic acids is 1. The molecule has 0 saturated carbocycles. The predicted molar refractivity (Wildman–Crippen MR) is 81.1 cm³/mol. The maximum Gasteiger partial charge on any atom is 0.337 e. The summed E-state index contributed by atoms with van der Waals surface area (Å²) in [6.07, 6.45) is 0. The molecule has 0 saturated heterocycles. The summed E-state index contributed by atoms with van der Waals surface area (Å²) < 4.78 is 0. The first-order chi connectivity index (χ1) is 10.0. The highest BCUT2D eigenvalue weighted by Crippen LogP contribution is 2.24. The standard InChI is InChI=1S/C16H15N3O2/c1-19(10-12-5-3-2-4-11(12)9-17)15-7-6-13(18)8-14(15)16(20)21/h2-8H,10,18H2,1H3,(H,20,21). The zero-order chi connectivity index (χ0) is 15.4. The largest absolute Gasteiger partial charge is 0.478 e. The zero-order valence-corrected chi connectivity index (χ0v) is 11.6. The van der Waals surface area contributed by atoms with Gasteiger partial charge in [-0.15, -0.1) is 0 Å². The van der Waals surface area contributed by atoms with Crippen molar-refractivity contribution in [2.45, 2.75) is 6.54 Å². The van der Waals surface area contributed by atoms with Crippen LogP contribution in [0.15, 0.2) is 42.5 Å². The van der Waals surface area contributed by atoms with Crippen LogP contribution in [-0.4, -0.2) is 18.1 Å². The summed E-state index contributed by atoms with van der Waals surface area (Å²) in [5.74, 6) is -1.03. The van der Waals surface area contributed by atoms with E-state index in [4.69, 9.17) is 11.0 Å². The van der Waals surface area contributed by atoms with E-state index in [1.807, 2.05) is 12.1 Å². The Bertz CT molecular complexity index is 720. The van der Waals surface area contributed by atoms with Crippen LogP contribution in [0.5, 0.6) is 0 Å². The topological polar surface area (TPSA) is 90.4 Å². The molecule has 0 bridgehead atoms. The number of nitrogens with zero attached hydrogens (tertiary/aromatic N) is 2. The molecule has 0 spiro atoms. The van der Waals surface area contributed by atoms with Gasteiger partial charge in [0.05, 0.1) is 22.9 Å². The average molecular weight is 281 g/mol. The summed E-state index contributed by atoms with van der Waals surface area (Å²) >= 11 is 0. The molecule has 0 amide bonds. The van der Waals surface area contributed by atoms with E-state index in [0.717, 1.165) is 5.56 Å². The van der Waals surface area contributed by atoms with E-state index < -0.39 is 5.97 Å². The van der Waals surface area contributed by atoms with Gasteiger partial charge in [0.2, 0.25) is 0 Å². The molecule has 0 atom stereocenters. The van der Waals surface area contributed by atoms with E-state index in [0.29, 0.717) is 23.5 Å². The Kier molecular flexibility index (Phi) is 4.10. The van der Waals surface area contributed by atoms with E-state index in [9.17, 15) is 9.90 Å². The molecular weight excluding hydrogens is 266 g/mol. The van der Waals surface area contributed by atoms with Crippen molar-refractivity contribution in [3.8, 4) is 6.07 Å². The molecule has 0 aliphatic carbocycles. The molecule has 0 unspecified atom stereocenters. The Morgan fingerprint density at radius 3 is 2.71 bits per heavy atom. The number of rotatable bonds is 4. The molecule has 0 fully saturated rings. The number of nitriles is 1. The number of carboxylic acid groups (broad SMARTS) is 1. The molecule has 2 aromatic rings. The third-order valence-corrected chi connectivity index (χ3v) is 3.21. The lowest BCUT2D eigenvalue weighted by Crippen LogP contribution is -2.20. The molecular formula is C16H15N3O2. The van der Waals surface area contributed by atoms with E-state index in [-0.39, 0.29) is 5.56 Å². The molecule has 106 valence electrons. The smallest absolute Gasteiger partial charge is 0.337 e. The molecule has 0 aromatic heterocycles. The fourth-order valence-electron chi connectivity index (χ4n) is 2.17. The predicted octanol–water partition coefficient (Wildman–Crippen LogP) is 2.48. The summed E-state index contributed by atoms with van der Waals surface area (Å²) in [5.41, 5.74) is 8.17. The number of anilines is 2. The van der Waals surface area contributed by atoms with E-state index in [2.05, 4.69) is 6.07 Å². The van der Waals surface area contributed by atoms with Crippen molar-refractivity contribution in [2.24, 2.45) is 0 Å². The van der Waals surface area contributed by atoms with Gasteiger partial charge >= 0.3 is 5.97 Å². The van der Waals surface area contributed by atoms with Gasteiger partial charge in [-0.05, 0) is 29.8 Å². The summed E-state index contributed by atoms with van der Waals surface area (Å²) in [6.45, 7) is 0.438. The quantitative estimate of drug-likeness (QED) is 0.840. The number of carboxylic acids is 1. The van der Waals surface area contributed by atoms with Crippen LogP contribution in [0.4, 0.5) is 11.4 Å². The third-order valence-electron chi connectivity index (χ3n) is 3.21. The average Bonchev–Trinajstić information content (AvgIpc) is 2.47. The molecule has 2 aromatic carbocycles. The maximum absolute atomic E-state index is 11.3. The van der Waals surface area contributed by atoms with Crippen LogP contribution in [0, 0.1) is 11.3 Å². The minimum absolute atomic E-state index is 0.145. The molecule has 2 rings (SSSR count). The van der Waals surface area contributed by atoms with E-state index in [1.165, 1.54) is 6.07 Å². The van der Waals surface area contributed by atoms with Gasteiger partial charge in [0, 0.05) is 19.3 Å². The van der Waals surface area contributed by atoms with Crippen LogP contribution in [0.1, 0.15) is 21.5 Å². The monoisotopic (exact) mass is 281 g/mol. The fraction of sp³-hybridized carbons (Fsp3) is 0.125. The molecule has 0 radical (unpaired) electrons. The molecule has 0 heterocycles. The van der Waals surface area contributed by atoms with Gasteiger partial charge in [-0.2, -0.15) is 5.26 Å². The normalized spacial score (nSPS) is 9.90. The number of benzene rings is 2. The summed E-state index contributed by atoms with van der Waals surface area (Å²) in [6, 6.07) is 14.2. The van der Waals surface area contributed by atoms with Crippen molar-refractivity contribution in [3.05, 3.63) is 59.2 Å². The minimum Gasteiger partial charge on any atom is -0.478 e. The molecule has 5 heteroatoms. The maximum atomic E-state index is 11.3. The number of hydrogen-bond donors (Lipinski definition) is 2. The number of nitrogens with two attached hydrogens (primary N) is 1. The van der Waals surface area contributed by atoms with Crippen LogP contribution < -0.4 is 10.6 Å². The fourth-order valence-corrected chi connectivity index (χ4v) is 2.17. The summed E-state index contributed by atoms with van der Waals surface area (Å²) in [4.78, 5) is 13.1. The second kappa shape index (κ2) is 5.97. The first-order valence-corrected chi connectivity index (χ1v) is 6.35. The van der Waals surface area contributed by atoms with Gasteiger partial charge in [-0.1, -0.05) is 18.2 Å². The lowest BCUT2D eigenvalue weighted by Gasteiger charge is -2.22. The lowest BCUT2D eigenvalue weighted by molar-refractivity contribution is 0.0697. The van der Waals surface area contributed by atoms with Crippen molar-refractivity contribution in [1.82, 2.24) is 0 Å². The number of hydrogen-bond acceptors (Lipinski definition) is 4. The van der Waals surface area contributed by atoms with Crippen LogP contribution >= 0.6 is 0 Å². The third kappa shape index (κ3) is 3.12. The van der Waals surface area contributed by atoms with Crippen LogP contribution in [0.3, 0.4) is 0 Å². The van der Waals surface area contributed by atoms with Crippen LogP contribution in [0.25, 0.3) is 0 Å². The van der Waals surface area contributed by atoms with Gasteiger partial charge in [0.1, 0.15) is 0 Å². The van der Waals surface area contributed by atoms with Gasteiger partial charge in [0.25, 0.3) is 0 Å². The first-order valence-electron chi connectivity index (χ1n) is 6.35. The van der Waals surface area contributed by atoms with E-state index >= 15 is 0 Å². The van der Waals surface area contributed by atoms with Gasteiger partial charge in [-0.25, -0.2) is 4.79 Å². The molecule has 21 heavy (non-hydrogen) atoms. The highest BCUT2D eigenvalue weighted by molar-refractivity contribution is 5.95. The SMILES string of the molecule is CN(Cc1ccccc1C#N)c1ccc(N)cc1C(=O)O. The Labute approximate surface area is 122 Å². The summed E-state index contributed by atoms with van der Waals surface area (Å²) in [5, 5.41) is 18.4. The van der Waals surface area contributed by atoms with Crippen molar-refractivity contribution >= 4 is 17.3 Å². The van der Waals surface area contributed by atoms with Crippen molar-refractivity contribution in [1.29, 1.82) is 5.26 Å². The van der Waals surface area contributed by atoms with Gasteiger partial charge < -0.3 is 15.7 Å². The zero-order valence-electron chi connectivity index (χ0n) is 11.6. The highest BCUT2D eigenvalue weighted by atomic mass is 16.4. The Morgan fingerprint density at radius 2 is 2.05 bits per heavy atom. The van der Waals surface area contributed by atoms with Crippen LogP contribution in [-0.2, 0) is 6.54 Å².